The van der Waals surface area contributed by atoms with E-state index in [4.69, 9.17) is 0 Å². The van der Waals surface area contributed by atoms with Gasteiger partial charge in [0.2, 0.25) is 0 Å². The smallest absolute Gasteiger partial charge is 0.101 e. The number of hydrogen-bond acceptors (Lipinski definition) is 3. The third-order valence-corrected chi connectivity index (χ3v) is 9.62. The van der Waals surface area contributed by atoms with E-state index >= 15 is 0 Å². The van der Waals surface area contributed by atoms with Crippen LogP contribution in [0.25, 0.3) is 77.2 Å². The van der Waals surface area contributed by atoms with Crippen molar-refractivity contribution >= 4 is 43.6 Å². The zero-order valence-corrected chi connectivity index (χ0v) is 26.7. The number of para-hydroxylation sites is 3. The number of hydrogen-bond donors (Lipinski definition) is 0. The molecule has 0 aliphatic rings. The molecule has 7 aromatic carbocycles. The lowest BCUT2D eigenvalue weighted by atomic mass is 9.92. The Kier molecular flexibility index (Phi) is 6.56. The van der Waals surface area contributed by atoms with Gasteiger partial charge in [-0.2, -0.15) is 15.8 Å². The van der Waals surface area contributed by atoms with E-state index in [0.717, 1.165) is 77.2 Å². The number of rotatable bonds is 4. The van der Waals surface area contributed by atoms with Gasteiger partial charge in [-0.1, -0.05) is 84.9 Å². The van der Waals surface area contributed by atoms with Gasteiger partial charge < -0.3 is 9.13 Å². The Morgan fingerprint density at radius 3 is 1.88 bits per heavy atom. The van der Waals surface area contributed by atoms with Crippen molar-refractivity contribution in [2.75, 3.05) is 0 Å². The van der Waals surface area contributed by atoms with E-state index in [1.165, 1.54) is 0 Å². The molecule has 0 atom stereocenters. The van der Waals surface area contributed by atoms with E-state index in [-0.39, 0.29) is 0 Å². The predicted molar refractivity (Wildman–Crippen MR) is 200 cm³/mol. The number of nitriles is 3. The fourth-order valence-electron chi connectivity index (χ4n) is 7.47. The van der Waals surface area contributed by atoms with Crippen molar-refractivity contribution in [2.45, 2.75) is 0 Å². The molecule has 5 nitrogen and oxygen atoms in total. The Labute approximate surface area is 287 Å². The summed E-state index contributed by atoms with van der Waals surface area (Å²) in [5.41, 5.74) is 11.8. The van der Waals surface area contributed by atoms with Gasteiger partial charge in [0.15, 0.2) is 0 Å². The van der Waals surface area contributed by atoms with Crippen molar-refractivity contribution in [3.63, 3.8) is 0 Å². The van der Waals surface area contributed by atoms with Crippen LogP contribution in [0, 0.1) is 34.0 Å². The van der Waals surface area contributed by atoms with Crippen LogP contribution in [0.1, 0.15) is 16.7 Å². The van der Waals surface area contributed by atoms with E-state index in [0.29, 0.717) is 16.7 Å². The first kappa shape index (κ1) is 28.8. The molecule has 0 spiro atoms. The molecular weight excluding hydrogens is 611 g/mol. The molecule has 0 aliphatic carbocycles. The average Bonchev–Trinajstić information content (AvgIpc) is 3.70. The van der Waals surface area contributed by atoms with E-state index in [2.05, 4.69) is 118 Å². The SMILES string of the molecule is N#Cc1cccc(-n2c3ccccc3c3cccc(-c4ccccc4-c4ccc5c(c4)c4cc(C#N)ccc4n5-c4ccccc4C#N)c32)c1. The summed E-state index contributed by atoms with van der Waals surface area (Å²) >= 11 is 0. The minimum atomic E-state index is 0.578. The summed E-state index contributed by atoms with van der Waals surface area (Å²) in [7, 11) is 0. The van der Waals surface area contributed by atoms with Gasteiger partial charge in [0.05, 0.1) is 56.6 Å². The molecule has 2 heterocycles. The van der Waals surface area contributed by atoms with Crippen LogP contribution in [-0.4, -0.2) is 9.13 Å². The number of fused-ring (bicyclic) bond motifs is 6. The zero-order chi connectivity index (χ0) is 33.8. The summed E-state index contributed by atoms with van der Waals surface area (Å²) in [6, 6.07) is 57.9. The van der Waals surface area contributed by atoms with Crippen molar-refractivity contribution in [1.82, 2.24) is 9.13 Å². The molecule has 9 rings (SSSR count). The maximum Gasteiger partial charge on any atom is 0.101 e. The number of aromatic nitrogens is 2. The molecule has 0 amide bonds. The van der Waals surface area contributed by atoms with E-state index in [1.54, 1.807) is 0 Å². The predicted octanol–water partition coefficient (Wildman–Crippen LogP) is 10.8. The molecule has 0 fully saturated rings. The lowest BCUT2D eigenvalue weighted by Crippen LogP contribution is -1.97. The summed E-state index contributed by atoms with van der Waals surface area (Å²) < 4.78 is 4.39. The minimum Gasteiger partial charge on any atom is -0.309 e. The van der Waals surface area contributed by atoms with Crippen molar-refractivity contribution in [1.29, 1.82) is 15.8 Å². The second-order valence-electron chi connectivity index (χ2n) is 12.3. The van der Waals surface area contributed by atoms with Crippen LogP contribution in [0.15, 0.2) is 152 Å². The van der Waals surface area contributed by atoms with Gasteiger partial charge in [0.1, 0.15) is 6.07 Å². The first-order chi connectivity index (χ1) is 24.7. The largest absolute Gasteiger partial charge is 0.309 e. The Balaban J connectivity index is 1.32. The molecule has 0 bridgehead atoms. The monoisotopic (exact) mass is 635 g/mol. The van der Waals surface area contributed by atoms with Gasteiger partial charge in [-0.3, -0.25) is 0 Å². The van der Waals surface area contributed by atoms with Gasteiger partial charge in [0, 0.05) is 32.8 Å². The normalized spacial score (nSPS) is 11.1. The van der Waals surface area contributed by atoms with Crippen LogP contribution in [0.4, 0.5) is 0 Å². The van der Waals surface area contributed by atoms with Crippen molar-refractivity contribution in [3.8, 4) is 51.8 Å². The van der Waals surface area contributed by atoms with Crippen LogP contribution < -0.4 is 0 Å². The van der Waals surface area contributed by atoms with Crippen LogP contribution in [0.3, 0.4) is 0 Å². The summed E-state index contributed by atoms with van der Waals surface area (Å²) in [5, 5.41) is 33.8. The summed E-state index contributed by atoms with van der Waals surface area (Å²) in [6.07, 6.45) is 0. The number of nitrogens with zero attached hydrogens (tertiary/aromatic N) is 5. The van der Waals surface area contributed by atoms with Crippen LogP contribution in [0.2, 0.25) is 0 Å². The van der Waals surface area contributed by atoms with Crippen LogP contribution in [0.5, 0.6) is 0 Å². The highest BCUT2D eigenvalue weighted by Crippen LogP contribution is 2.43. The van der Waals surface area contributed by atoms with Crippen molar-refractivity contribution in [2.24, 2.45) is 0 Å². The fraction of sp³-hybridized carbons (Fsp3) is 0. The molecule has 2 aromatic heterocycles. The van der Waals surface area contributed by atoms with Gasteiger partial charge in [-0.15, -0.1) is 0 Å². The first-order valence-electron chi connectivity index (χ1n) is 16.3. The topological polar surface area (TPSA) is 81.2 Å². The van der Waals surface area contributed by atoms with Gasteiger partial charge in [-0.25, -0.2) is 0 Å². The lowest BCUT2D eigenvalue weighted by molar-refractivity contribution is 1.17. The van der Waals surface area contributed by atoms with Crippen LogP contribution in [-0.2, 0) is 0 Å². The Bertz CT molecular complexity index is 2970. The van der Waals surface area contributed by atoms with E-state index < -0.39 is 0 Å². The number of benzene rings is 7. The molecule has 0 saturated heterocycles. The summed E-state index contributed by atoms with van der Waals surface area (Å²) in [5.74, 6) is 0. The molecule has 50 heavy (non-hydrogen) atoms. The molecule has 0 saturated carbocycles. The molecule has 9 aromatic rings. The minimum absolute atomic E-state index is 0.578. The first-order valence-corrected chi connectivity index (χ1v) is 16.3. The Hall–Kier alpha value is -7.39. The third-order valence-electron chi connectivity index (χ3n) is 9.62. The fourth-order valence-corrected chi connectivity index (χ4v) is 7.47. The second-order valence-corrected chi connectivity index (χ2v) is 12.3. The maximum absolute atomic E-state index is 9.99. The quantitative estimate of drug-likeness (QED) is 0.193. The Morgan fingerprint density at radius 1 is 0.400 bits per heavy atom. The van der Waals surface area contributed by atoms with Crippen LogP contribution >= 0.6 is 0 Å². The molecule has 0 radical (unpaired) electrons. The average molecular weight is 636 g/mol. The second kappa shape index (κ2) is 11.4. The maximum atomic E-state index is 9.99. The molecular formula is C45H25N5. The molecule has 0 N–H and O–H groups in total. The Morgan fingerprint density at radius 2 is 1.04 bits per heavy atom. The highest BCUT2D eigenvalue weighted by atomic mass is 15.0. The van der Waals surface area contributed by atoms with Crippen molar-refractivity contribution < 1.29 is 0 Å². The third kappa shape index (κ3) is 4.31. The molecule has 5 heteroatoms. The molecule has 0 aliphatic heterocycles. The zero-order valence-electron chi connectivity index (χ0n) is 26.7. The van der Waals surface area contributed by atoms with Gasteiger partial charge >= 0.3 is 0 Å². The summed E-state index contributed by atoms with van der Waals surface area (Å²) in [6.45, 7) is 0. The van der Waals surface area contributed by atoms with Gasteiger partial charge in [-0.05, 0) is 83.4 Å². The van der Waals surface area contributed by atoms with Crippen molar-refractivity contribution in [3.05, 3.63) is 168 Å². The lowest BCUT2D eigenvalue weighted by Gasteiger charge is -2.15. The standard InChI is InChI=1S/C45H25N5/c46-26-29-9-7-11-33(23-29)49-42-18-6-4-14-36(42)38-16-8-15-37(45(38)49)35-13-3-2-12-34(35)31-20-22-44-40(25-31)39-24-30(27-47)19-21-43(39)50(44)41-17-5-1-10-32(41)28-48/h1-25H. The van der Waals surface area contributed by atoms with Gasteiger partial charge in [0.25, 0.3) is 0 Å². The van der Waals surface area contributed by atoms with E-state index in [1.807, 2.05) is 60.7 Å². The highest BCUT2D eigenvalue weighted by Gasteiger charge is 2.20. The van der Waals surface area contributed by atoms with E-state index in [9.17, 15) is 15.8 Å². The highest BCUT2D eigenvalue weighted by molar-refractivity contribution is 6.15. The summed E-state index contributed by atoms with van der Waals surface area (Å²) in [4.78, 5) is 0. The molecule has 230 valence electrons. The molecule has 0 unspecified atom stereocenters.